The molecule has 0 aliphatic heterocycles. The summed E-state index contributed by atoms with van der Waals surface area (Å²) in [5.41, 5.74) is 0.669. The number of hydrogen-bond acceptors (Lipinski definition) is 4. The van der Waals surface area contributed by atoms with Crippen LogP contribution in [0.2, 0.25) is 0 Å². The molecule has 2 heterocycles. The van der Waals surface area contributed by atoms with Crippen molar-refractivity contribution in [3.05, 3.63) is 65.6 Å². The van der Waals surface area contributed by atoms with Gasteiger partial charge in [0.25, 0.3) is 5.91 Å². The highest BCUT2D eigenvalue weighted by Gasteiger charge is 2.30. The fraction of sp³-hybridized carbons (Fsp3) is 0.158. The maximum absolute atomic E-state index is 12.7. The van der Waals surface area contributed by atoms with Crippen LogP contribution >= 0.6 is 0 Å². The van der Waals surface area contributed by atoms with Crippen LogP contribution in [0.3, 0.4) is 0 Å². The minimum absolute atomic E-state index is 0.149. The Balaban J connectivity index is 1.78. The number of aromatic nitrogens is 3. The van der Waals surface area contributed by atoms with Gasteiger partial charge in [0.05, 0.1) is 23.0 Å². The van der Waals surface area contributed by atoms with Gasteiger partial charge in [-0.3, -0.25) is 4.79 Å². The van der Waals surface area contributed by atoms with Gasteiger partial charge in [0.15, 0.2) is 5.82 Å². The molecule has 3 N–H and O–H groups in total. The number of pyridine rings is 1. The standard InChI is InChI=1S/C19H17F3N6O2/c1-11-15(10-25-28(11)16-7-6-12(9-24-16)19(20,21)22)17(29)26-13-4-3-5-14(8-13)27-18(30)23-2/h3-10H,1-2H3,(H,26,29)(H2,23,27,30). The van der Waals surface area contributed by atoms with Gasteiger partial charge >= 0.3 is 12.2 Å². The number of hydrogen-bond donors (Lipinski definition) is 3. The quantitative estimate of drug-likeness (QED) is 0.603. The lowest BCUT2D eigenvalue weighted by molar-refractivity contribution is -0.137. The highest BCUT2D eigenvalue weighted by Crippen LogP contribution is 2.29. The van der Waals surface area contributed by atoms with E-state index < -0.39 is 23.7 Å². The molecular formula is C19H17F3N6O2. The van der Waals surface area contributed by atoms with Crippen molar-refractivity contribution in [2.24, 2.45) is 0 Å². The van der Waals surface area contributed by atoms with Crippen LogP contribution in [-0.2, 0) is 6.18 Å². The Morgan fingerprint density at radius 1 is 1.03 bits per heavy atom. The van der Waals surface area contributed by atoms with Crippen molar-refractivity contribution in [3.63, 3.8) is 0 Å². The first-order chi connectivity index (χ1) is 14.2. The Bertz CT molecular complexity index is 1080. The van der Waals surface area contributed by atoms with E-state index in [-0.39, 0.29) is 11.4 Å². The number of carbonyl (C=O) groups excluding carboxylic acids is 2. The summed E-state index contributed by atoms with van der Waals surface area (Å²) in [6.45, 7) is 1.60. The van der Waals surface area contributed by atoms with Crippen LogP contribution in [0.15, 0.2) is 48.8 Å². The number of halogens is 3. The fourth-order valence-corrected chi connectivity index (χ4v) is 2.61. The van der Waals surface area contributed by atoms with E-state index in [1.54, 1.807) is 31.2 Å². The van der Waals surface area contributed by atoms with Gasteiger partial charge in [-0.25, -0.2) is 14.5 Å². The average Bonchev–Trinajstić information content (AvgIpc) is 3.09. The maximum Gasteiger partial charge on any atom is 0.417 e. The summed E-state index contributed by atoms with van der Waals surface area (Å²) < 4.78 is 39.4. The number of nitrogens with one attached hydrogen (secondary N) is 3. The van der Waals surface area contributed by atoms with Crippen LogP contribution in [0.1, 0.15) is 21.6 Å². The van der Waals surface area contributed by atoms with Crippen molar-refractivity contribution in [3.8, 4) is 5.82 Å². The molecule has 0 aliphatic carbocycles. The molecule has 0 atom stereocenters. The van der Waals surface area contributed by atoms with Gasteiger partial charge in [-0.05, 0) is 37.3 Å². The summed E-state index contributed by atoms with van der Waals surface area (Å²) in [4.78, 5) is 27.8. The van der Waals surface area contributed by atoms with E-state index in [0.717, 1.165) is 6.07 Å². The minimum Gasteiger partial charge on any atom is -0.341 e. The number of anilines is 2. The Kier molecular flexibility index (Phi) is 5.72. The van der Waals surface area contributed by atoms with Crippen LogP contribution in [0.25, 0.3) is 5.82 Å². The first kappa shape index (κ1) is 20.8. The smallest absolute Gasteiger partial charge is 0.341 e. The predicted molar refractivity (Wildman–Crippen MR) is 104 cm³/mol. The molecule has 156 valence electrons. The third-order valence-corrected chi connectivity index (χ3v) is 4.15. The molecule has 0 aliphatic rings. The lowest BCUT2D eigenvalue weighted by Gasteiger charge is -2.09. The summed E-state index contributed by atoms with van der Waals surface area (Å²) in [6.07, 6.45) is -2.48. The van der Waals surface area contributed by atoms with E-state index in [2.05, 4.69) is 26.0 Å². The zero-order chi connectivity index (χ0) is 21.9. The second-order valence-electron chi connectivity index (χ2n) is 6.20. The zero-order valence-electron chi connectivity index (χ0n) is 15.9. The highest BCUT2D eigenvalue weighted by molar-refractivity contribution is 6.05. The lowest BCUT2D eigenvalue weighted by atomic mass is 10.2. The van der Waals surface area contributed by atoms with Gasteiger partial charge in [0.1, 0.15) is 0 Å². The van der Waals surface area contributed by atoms with E-state index in [9.17, 15) is 22.8 Å². The average molecular weight is 418 g/mol. The number of alkyl halides is 3. The molecule has 0 radical (unpaired) electrons. The van der Waals surface area contributed by atoms with Gasteiger partial charge in [-0.2, -0.15) is 18.3 Å². The van der Waals surface area contributed by atoms with Crippen molar-refractivity contribution in [2.75, 3.05) is 17.7 Å². The molecule has 0 saturated carbocycles. The SMILES string of the molecule is CNC(=O)Nc1cccc(NC(=O)c2cnn(-c3ccc(C(F)(F)F)cn3)c2C)c1. The van der Waals surface area contributed by atoms with Crippen LogP contribution in [0, 0.1) is 6.92 Å². The molecule has 0 saturated heterocycles. The van der Waals surface area contributed by atoms with E-state index in [0.29, 0.717) is 23.3 Å². The lowest BCUT2D eigenvalue weighted by Crippen LogP contribution is -2.24. The van der Waals surface area contributed by atoms with Crippen LogP contribution in [0.5, 0.6) is 0 Å². The molecule has 0 fully saturated rings. The third kappa shape index (κ3) is 4.57. The summed E-state index contributed by atoms with van der Waals surface area (Å²) in [6, 6.07) is 8.20. The molecule has 3 rings (SSSR count). The van der Waals surface area contributed by atoms with Gasteiger partial charge in [-0.1, -0.05) is 6.07 Å². The normalized spacial score (nSPS) is 11.1. The van der Waals surface area contributed by atoms with Crippen molar-refractivity contribution in [1.82, 2.24) is 20.1 Å². The molecule has 8 nitrogen and oxygen atoms in total. The fourth-order valence-electron chi connectivity index (χ4n) is 2.61. The second-order valence-corrected chi connectivity index (χ2v) is 6.20. The molecule has 0 spiro atoms. The summed E-state index contributed by atoms with van der Waals surface area (Å²) >= 11 is 0. The molecule has 1 aromatic carbocycles. The van der Waals surface area contributed by atoms with Crippen molar-refractivity contribution in [2.45, 2.75) is 13.1 Å². The number of urea groups is 1. The minimum atomic E-state index is -4.49. The highest BCUT2D eigenvalue weighted by atomic mass is 19.4. The van der Waals surface area contributed by atoms with Crippen LogP contribution in [-0.4, -0.2) is 33.8 Å². The summed E-state index contributed by atoms with van der Waals surface area (Å²) in [5, 5.41) is 11.8. The van der Waals surface area contributed by atoms with Crippen molar-refractivity contribution in [1.29, 1.82) is 0 Å². The zero-order valence-corrected chi connectivity index (χ0v) is 15.9. The molecule has 30 heavy (non-hydrogen) atoms. The van der Waals surface area contributed by atoms with Gasteiger partial charge in [0.2, 0.25) is 0 Å². The van der Waals surface area contributed by atoms with Crippen LogP contribution in [0.4, 0.5) is 29.3 Å². The largest absolute Gasteiger partial charge is 0.417 e. The van der Waals surface area contributed by atoms with E-state index in [1.165, 1.54) is 24.0 Å². The topological polar surface area (TPSA) is 101 Å². The Hall–Kier alpha value is -3.89. The Labute approximate surface area is 169 Å². The van der Waals surface area contributed by atoms with E-state index in [1.807, 2.05) is 0 Å². The van der Waals surface area contributed by atoms with Crippen molar-refractivity contribution < 1.29 is 22.8 Å². The molecule has 2 aromatic heterocycles. The molecule has 11 heteroatoms. The van der Waals surface area contributed by atoms with Crippen molar-refractivity contribution >= 4 is 23.3 Å². The Morgan fingerprint density at radius 3 is 2.33 bits per heavy atom. The first-order valence-electron chi connectivity index (χ1n) is 8.67. The number of benzene rings is 1. The monoisotopic (exact) mass is 418 g/mol. The summed E-state index contributed by atoms with van der Waals surface area (Å²) in [5.74, 6) is -0.320. The molecule has 0 unspecified atom stereocenters. The molecule has 3 aromatic rings. The van der Waals surface area contributed by atoms with E-state index >= 15 is 0 Å². The summed E-state index contributed by atoms with van der Waals surface area (Å²) in [7, 11) is 1.48. The second kappa shape index (κ2) is 8.23. The third-order valence-electron chi connectivity index (χ3n) is 4.15. The predicted octanol–water partition coefficient (Wildman–Crippen LogP) is 3.60. The number of nitrogens with zero attached hydrogens (tertiary/aromatic N) is 3. The number of carbonyl (C=O) groups is 2. The van der Waals surface area contributed by atoms with Gasteiger partial charge in [-0.15, -0.1) is 0 Å². The van der Waals surface area contributed by atoms with E-state index in [4.69, 9.17) is 0 Å². The number of amides is 3. The molecule has 0 bridgehead atoms. The number of rotatable bonds is 4. The molecular weight excluding hydrogens is 401 g/mol. The van der Waals surface area contributed by atoms with Gasteiger partial charge in [0, 0.05) is 24.6 Å². The Morgan fingerprint density at radius 2 is 1.73 bits per heavy atom. The maximum atomic E-state index is 12.7. The van der Waals surface area contributed by atoms with Crippen LogP contribution < -0.4 is 16.0 Å². The van der Waals surface area contributed by atoms with Gasteiger partial charge < -0.3 is 16.0 Å². The molecule has 3 amide bonds. The first-order valence-corrected chi connectivity index (χ1v) is 8.67.